The molecule has 4 unspecified atom stereocenters. The summed E-state index contributed by atoms with van der Waals surface area (Å²) in [5, 5.41) is 25.4. The van der Waals surface area contributed by atoms with Crippen LogP contribution in [0, 0.1) is 0 Å². The summed E-state index contributed by atoms with van der Waals surface area (Å²) in [6, 6.07) is -4.85. The minimum atomic E-state index is -1.53. The predicted molar refractivity (Wildman–Crippen MR) is 118 cm³/mol. The first-order valence-electron chi connectivity index (χ1n) is 9.33. The Balaban J connectivity index is 5.38. The molecule has 0 aromatic rings. The highest BCUT2D eigenvalue weighted by molar-refractivity contribution is 7.98. The van der Waals surface area contributed by atoms with E-state index in [-0.39, 0.29) is 12.8 Å². The number of rotatable bonds is 16. The van der Waals surface area contributed by atoms with Crippen LogP contribution in [-0.4, -0.2) is 94.6 Å². The zero-order chi connectivity index (χ0) is 24.0. The van der Waals surface area contributed by atoms with Gasteiger partial charge in [0, 0.05) is 0 Å². The average molecular weight is 482 g/mol. The molecule has 0 fully saturated rings. The van der Waals surface area contributed by atoms with Crippen molar-refractivity contribution in [3.63, 3.8) is 0 Å². The van der Waals surface area contributed by atoms with Crippen molar-refractivity contribution in [3.05, 3.63) is 0 Å². The van der Waals surface area contributed by atoms with Gasteiger partial charge in [-0.05, 0) is 36.9 Å². The number of nitrogens with one attached hydrogen (secondary N) is 3. The molecule has 4 atom stereocenters. The lowest BCUT2D eigenvalue weighted by molar-refractivity contribution is -0.143. The van der Waals surface area contributed by atoms with Gasteiger partial charge in [-0.2, -0.15) is 23.5 Å². The minimum Gasteiger partial charge on any atom is -0.480 e. The molecule has 0 radical (unpaired) electrons. The lowest BCUT2D eigenvalue weighted by Crippen LogP contribution is -2.57. The second-order valence-electron chi connectivity index (χ2n) is 6.54. The van der Waals surface area contributed by atoms with Crippen LogP contribution in [-0.2, 0) is 24.0 Å². The number of aliphatic carboxylic acids is 1. The topological polar surface area (TPSA) is 214 Å². The number of aliphatic hydroxyl groups excluding tert-OH is 1. The first-order chi connectivity index (χ1) is 14.6. The van der Waals surface area contributed by atoms with Crippen molar-refractivity contribution in [1.82, 2.24) is 16.0 Å². The van der Waals surface area contributed by atoms with Crippen LogP contribution in [0.25, 0.3) is 0 Å². The Bertz CT molecular complexity index is 638. The Hall–Kier alpha value is -2.03. The van der Waals surface area contributed by atoms with Crippen LogP contribution in [0.3, 0.4) is 0 Å². The molecule has 0 rings (SSSR count). The van der Waals surface area contributed by atoms with E-state index in [0.29, 0.717) is 11.5 Å². The maximum atomic E-state index is 12.8. The van der Waals surface area contributed by atoms with Gasteiger partial charge in [-0.1, -0.05) is 0 Å². The highest BCUT2D eigenvalue weighted by Crippen LogP contribution is 2.06. The van der Waals surface area contributed by atoms with Gasteiger partial charge in [0.1, 0.15) is 24.2 Å². The van der Waals surface area contributed by atoms with Crippen molar-refractivity contribution in [1.29, 1.82) is 0 Å². The van der Waals surface area contributed by atoms with Gasteiger partial charge >= 0.3 is 5.97 Å². The number of nitrogens with two attached hydrogens (primary N) is 2. The highest BCUT2D eigenvalue weighted by Gasteiger charge is 2.30. The van der Waals surface area contributed by atoms with E-state index in [4.69, 9.17) is 16.6 Å². The normalized spacial score (nSPS) is 14.6. The zero-order valence-corrected chi connectivity index (χ0v) is 19.1. The maximum Gasteiger partial charge on any atom is 0.326 e. The molecule has 0 aliphatic heterocycles. The third-order valence-corrected chi connectivity index (χ3v) is 5.33. The number of carbonyl (C=O) groups excluding carboxylic acids is 4. The van der Waals surface area contributed by atoms with Crippen LogP contribution in [0.1, 0.15) is 19.3 Å². The van der Waals surface area contributed by atoms with E-state index in [2.05, 4.69) is 16.0 Å². The van der Waals surface area contributed by atoms with Crippen molar-refractivity contribution in [2.24, 2.45) is 11.5 Å². The quantitative estimate of drug-likeness (QED) is 0.120. The Kier molecular flexibility index (Phi) is 14.7. The molecule has 14 heteroatoms. The average Bonchev–Trinajstić information content (AvgIpc) is 2.71. The molecule has 4 amide bonds. The first kappa shape index (κ1) is 29.0. The fourth-order valence-electron chi connectivity index (χ4n) is 2.32. The molecule has 12 nitrogen and oxygen atoms in total. The Morgan fingerprint density at radius 1 is 0.839 bits per heavy atom. The standard InChI is InChI=1S/C17H31N5O7S2/c1-30-5-3-10(20-14(25)9(18)8-23)15(26)21-11(4-6-31-2)16(27)22-12(17(28)29)7-13(19)24/h9-12,23H,3-8,18H2,1-2H3,(H2,19,24)(H,20,25)(H,21,26)(H,22,27)(H,28,29). The molecule has 0 heterocycles. The lowest BCUT2D eigenvalue weighted by atomic mass is 10.1. The predicted octanol–water partition coefficient (Wildman–Crippen LogP) is -2.77. The fraction of sp³-hybridized carbons (Fsp3) is 0.706. The number of hydrogen-bond acceptors (Lipinski definition) is 9. The Labute approximate surface area is 189 Å². The highest BCUT2D eigenvalue weighted by atomic mass is 32.2. The molecule has 9 N–H and O–H groups in total. The number of thioether (sulfide) groups is 2. The van der Waals surface area contributed by atoms with Crippen molar-refractivity contribution < 1.29 is 34.2 Å². The molecule has 0 saturated heterocycles. The largest absolute Gasteiger partial charge is 0.480 e. The summed E-state index contributed by atoms with van der Waals surface area (Å²) in [6.07, 6.45) is 3.43. The van der Waals surface area contributed by atoms with Crippen molar-refractivity contribution in [2.45, 2.75) is 43.4 Å². The van der Waals surface area contributed by atoms with Crippen molar-refractivity contribution in [2.75, 3.05) is 30.6 Å². The van der Waals surface area contributed by atoms with Crippen molar-refractivity contribution >= 4 is 53.1 Å². The van der Waals surface area contributed by atoms with Gasteiger partial charge in [0.05, 0.1) is 13.0 Å². The number of carboxylic acids is 1. The van der Waals surface area contributed by atoms with Gasteiger partial charge in [-0.3, -0.25) is 19.2 Å². The number of hydrogen-bond donors (Lipinski definition) is 7. The second kappa shape index (κ2) is 15.7. The van der Waals surface area contributed by atoms with E-state index in [1.807, 2.05) is 6.26 Å². The van der Waals surface area contributed by atoms with E-state index < -0.39 is 66.8 Å². The Morgan fingerprint density at radius 2 is 1.26 bits per heavy atom. The molecule has 31 heavy (non-hydrogen) atoms. The maximum absolute atomic E-state index is 12.8. The van der Waals surface area contributed by atoms with Crippen LogP contribution >= 0.6 is 23.5 Å². The van der Waals surface area contributed by atoms with E-state index in [9.17, 15) is 29.1 Å². The van der Waals surface area contributed by atoms with Crippen LogP contribution in [0.15, 0.2) is 0 Å². The molecular weight excluding hydrogens is 450 g/mol. The second-order valence-corrected chi connectivity index (χ2v) is 8.52. The summed E-state index contributed by atoms with van der Waals surface area (Å²) in [6.45, 7) is -0.599. The van der Waals surface area contributed by atoms with Crippen LogP contribution in [0.5, 0.6) is 0 Å². The number of amides is 4. The molecule has 0 saturated carbocycles. The monoisotopic (exact) mass is 481 g/mol. The molecule has 0 aliphatic carbocycles. The fourth-order valence-corrected chi connectivity index (χ4v) is 3.26. The molecule has 178 valence electrons. The summed E-state index contributed by atoms with van der Waals surface area (Å²) in [4.78, 5) is 59.7. The van der Waals surface area contributed by atoms with E-state index in [1.54, 1.807) is 6.26 Å². The Morgan fingerprint density at radius 3 is 1.61 bits per heavy atom. The minimum absolute atomic E-state index is 0.182. The summed E-state index contributed by atoms with van der Waals surface area (Å²) < 4.78 is 0. The number of carboxylic acid groups (broad SMARTS) is 1. The van der Waals surface area contributed by atoms with Gasteiger partial charge < -0.3 is 37.6 Å². The SMILES string of the molecule is CSCCC(NC(=O)C(N)CO)C(=O)NC(CCSC)C(=O)NC(CC(N)=O)C(=O)O. The smallest absolute Gasteiger partial charge is 0.326 e. The lowest BCUT2D eigenvalue weighted by Gasteiger charge is -2.24. The van der Waals surface area contributed by atoms with E-state index in [0.717, 1.165) is 0 Å². The third kappa shape index (κ3) is 11.8. The molecule has 0 bridgehead atoms. The van der Waals surface area contributed by atoms with Crippen LogP contribution in [0.2, 0.25) is 0 Å². The zero-order valence-electron chi connectivity index (χ0n) is 17.5. The summed E-state index contributed by atoms with van der Waals surface area (Å²) in [5.41, 5.74) is 10.5. The molecule has 0 spiro atoms. The van der Waals surface area contributed by atoms with Gasteiger partial charge in [0.25, 0.3) is 0 Å². The van der Waals surface area contributed by atoms with Gasteiger partial charge in [-0.15, -0.1) is 0 Å². The summed E-state index contributed by atoms with van der Waals surface area (Å²) in [7, 11) is 0. The molecule has 0 aromatic carbocycles. The molecular formula is C17H31N5O7S2. The van der Waals surface area contributed by atoms with Gasteiger partial charge in [0.2, 0.25) is 23.6 Å². The molecule has 0 aromatic heterocycles. The van der Waals surface area contributed by atoms with Crippen LogP contribution in [0.4, 0.5) is 0 Å². The van der Waals surface area contributed by atoms with Gasteiger partial charge in [0.15, 0.2) is 0 Å². The number of aliphatic hydroxyl groups is 1. The first-order valence-corrected chi connectivity index (χ1v) is 12.1. The van der Waals surface area contributed by atoms with E-state index in [1.165, 1.54) is 23.5 Å². The third-order valence-electron chi connectivity index (χ3n) is 4.04. The number of carbonyl (C=O) groups is 5. The molecule has 0 aliphatic rings. The van der Waals surface area contributed by atoms with E-state index >= 15 is 0 Å². The number of primary amides is 1. The van der Waals surface area contributed by atoms with Crippen molar-refractivity contribution in [3.8, 4) is 0 Å². The summed E-state index contributed by atoms with van der Waals surface area (Å²) in [5.74, 6) is -3.52. The van der Waals surface area contributed by atoms with Gasteiger partial charge in [-0.25, -0.2) is 4.79 Å². The van der Waals surface area contributed by atoms with Crippen LogP contribution < -0.4 is 27.4 Å². The summed E-state index contributed by atoms with van der Waals surface area (Å²) >= 11 is 2.85.